The van der Waals surface area contributed by atoms with Gasteiger partial charge in [-0.2, -0.15) is 0 Å². The highest BCUT2D eigenvalue weighted by Gasteiger charge is 2.33. The van der Waals surface area contributed by atoms with Gasteiger partial charge in [-0.25, -0.2) is 4.98 Å². The van der Waals surface area contributed by atoms with Gasteiger partial charge in [0.05, 0.1) is 17.2 Å². The van der Waals surface area contributed by atoms with Crippen LogP contribution in [0.1, 0.15) is 47.1 Å². The summed E-state index contributed by atoms with van der Waals surface area (Å²) in [5.74, 6) is 0.482. The maximum atomic E-state index is 4.63. The third-order valence-corrected chi connectivity index (χ3v) is 4.91. The van der Waals surface area contributed by atoms with Crippen LogP contribution in [0.4, 0.5) is 0 Å². The third kappa shape index (κ3) is 2.30. The Morgan fingerprint density at radius 2 is 2.37 bits per heavy atom. The van der Waals surface area contributed by atoms with Gasteiger partial charge in [0.2, 0.25) is 0 Å². The average molecular weight is 273 g/mol. The van der Waals surface area contributed by atoms with Crippen molar-refractivity contribution >= 4 is 11.3 Å². The first-order valence-corrected chi connectivity index (χ1v) is 7.76. The first kappa shape index (κ1) is 12.8. The van der Waals surface area contributed by atoms with Crippen LogP contribution in [-0.2, 0) is 6.42 Å². The Morgan fingerprint density at radius 1 is 1.47 bits per heavy atom. The summed E-state index contributed by atoms with van der Waals surface area (Å²) in [6, 6.07) is 4.61. The highest BCUT2D eigenvalue weighted by atomic mass is 32.1. The van der Waals surface area contributed by atoms with E-state index in [0.717, 1.165) is 18.7 Å². The second-order valence-electron chi connectivity index (χ2n) is 5.03. The fourth-order valence-corrected chi connectivity index (χ4v) is 3.96. The van der Waals surface area contributed by atoms with Gasteiger partial charge in [-0.1, -0.05) is 13.0 Å². The van der Waals surface area contributed by atoms with E-state index >= 15 is 0 Å². The third-order valence-electron chi connectivity index (χ3n) is 3.89. The average Bonchev–Trinajstić information content (AvgIpc) is 3.03. The molecule has 19 heavy (non-hydrogen) atoms. The van der Waals surface area contributed by atoms with Gasteiger partial charge in [0.15, 0.2) is 0 Å². The van der Waals surface area contributed by atoms with Gasteiger partial charge >= 0.3 is 0 Å². The van der Waals surface area contributed by atoms with Crippen LogP contribution in [0.3, 0.4) is 0 Å². The molecular weight excluding hydrogens is 254 g/mol. The summed E-state index contributed by atoms with van der Waals surface area (Å²) in [5, 5.41) is 3.64. The lowest BCUT2D eigenvalue weighted by atomic mass is 9.94. The van der Waals surface area contributed by atoms with Crippen molar-refractivity contribution in [2.75, 3.05) is 6.54 Å². The molecule has 0 saturated heterocycles. The Balaban J connectivity index is 1.96. The van der Waals surface area contributed by atoms with Crippen molar-refractivity contribution in [2.45, 2.75) is 38.6 Å². The van der Waals surface area contributed by atoms with E-state index in [2.05, 4.69) is 35.2 Å². The molecular formula is C15H19N3S. The highest BCUT2D eigenvalue weighted by Crippen LogP contribution is 2.42. The molecule has 2 aromatic heterocycles. The van der Waals surface area contributed by atoms with Crippen LogP contribution in [0.2, 0.25) is 0 Å². The zero-order valence-electron chi connectivity index (χ0n) is 11.4. The topological polar surface area (TPSA) is 37.8 Å². The Labute approximate surface area is 118 Å². The van der Waals surface area contributed by atoms with Crippen molar-refractivity contribution in [2.24, 2.45) is 0 Å². The zero-order valence-corrected chi connectivity index (χ0v) is 12.2. The van der Waals surface area contributed by atoms with E-state index in [-0.39, 0.29) is 0 Å². The number of aromatic nitrogens is 2. The van der Waals surface area contributed by atoms with Crippen molar-refractivity contribution in [3.63, 3.8) is 0 Å². The predicted molar refractivity (Wildman–Crippen MR) is 78.6 cm³/mol. The second-order valence-corrected chi connectivity index (χ2v) is 5.92. The number of nitrogens with one attached hydrogen (secondary N) is 1. The molecule has 2 heterocycles. The lowest BCUT2D eigenvalue weighted by molar-refractivity contribution is 0.451. The lowest BCUT2D eigenvalue weighted by Crippen LogP contribution is -2.26. The van der Waals surface area contributed by atoms with Gasteiger partial charge in [-0.05, 0) is 37.9 Å². The first-order chi connectivity index (χ1) is 9.31. The van der Waals surface area contributed by atoms with Crippen molar-refractivity contribution in [3.05, 3.63) is 45.7 Å². The minimum Gasteiger partial charge on any atom is -0.309 e. The molecule has 0 amide bonds. The van der Waals surface area contributed by atoms with E-state index in [1.54, 1.807) is 11.3 Å². The van der Waals surface area contributed by atoms with Crippen molar-refractivity contribution < 1.29 is 0 Å². The largest absolute Gasteiger partial charge is 0.309 e. The number of likely N-dealkylation sites (N-methyl/N-ethyl adjacent to an activating group) is 1. The maximum absolute atomic E-state index is 4.63. The molecule has 0 radical (unpaired) electrons. The molecule has 0 fully saturated rings. The fourth-order valence-electron chi connectivity index (χ4n) is 3.02. The molecule has 3 nitrogen and oxygen atoms in total. The smallest absolute Gasteiger partial charge is 0.0798 e. The summed E-state index contributed by atoms with van der Waals surface area (Å²) in [5.41, 5.74) is 5.79. The van der Waals surface area contributed by atoms with Crippen LogP contribution in [0.15, 0.2) is 23.8 Å². The van der Waals surface area contributed by atoms with Crippen LogP contribution < -0.4 is 5.32 Å². The van der Waals surface area contributed by atoms with Gasteiger partial charge in [0.25, 0.3) is 0 Å². The second kappa shape index (κ2) is 5.39. The number of nitrogens with zero attached hydrogens (tertiary/aromatic N) is 2. The Hall–Kier alpha value is -1.26. The standard InChI is InChI=1S/C15H19N3S/c1-3-16-14(15-10(2)18-9-19-15)12-7-6-11-5-4-8-17-13(11)12/h4-5,8-9,12,14,16H,3,6-7H2,1-2H3. The van der Waals surface area contributed by atoms with Crippen LogP contribution in [0.25, 0.3) is 0 Å². The molecule has 0 aromatic carbocycles. The Bertz CT molecular complexity index is 564. The summed E-state index contributed by atoms with van der Waals surface area (Å²) in [4.78, 5) is 10.4. The van der Waals surface area contributed by atoms with E-state index in [1.165, 1.54) is 22.6 Å². The van der Waals surface area contributed by atoms with Crippen molar-refractivity contribution in [1.82, 2.24) is 15.3 Å². The number of fused-ring (bicyclic) bond motifs is 1. The van der Waals surface area contributed by atoms with Gasteiger partial charge in [-0.3, -0.25) is 4.98 Å². The minimum absolute atomic E-state index is 0.355. The molecule has 100 valence electrons. The van der Waals surface area contributed by atoms with Crippen LogP contribution >= 0.6 is 11.3 Å². The first-order valence-electron chi connectivity index (χ1n) is 6.88. The van der Waals surface area contributed by atoms with E-state index in [1.807, 2.05) is 17.8 Å². The SMILES string of the molecule is CCNC(c1scnc1C)C1CCc2cccnc21. The summed E-state index contributed by atoms with van der Waals surface area (Å²) in [7, 11) is 0. The lowest BCUT2D eigenvalue weighted by Gasteiger charge is -2.24. The van der Waals surface area contributed by atoms with Gasteiger partial charge in [0, 0.05) is 22.7 Å². The van der Waals surface area contributed by atoms with Gasteiger partial charge in [-0.15, -0.1) is 11.3 Å². The number of thiazole rings is 1. The van der Waals surface area contributed by atoms with Crippen molar-refractivity contribution in [3.8, 4) is 0 Å². The zero-order chi connectivity index (χ0) is 13.2. The van der Waals surface area contributed by atoms with E-state index in [9.17, 15) is 0 Å². The molecule has 1 aliphatic carbocycles. The molecule has 2 aromatic rings. The molecule has 1 N–H and O–H groups in total. The molecule has 2 atom stereocenters. The molecule has 0 spiro atoms. The Kier molecular flexibility index (Phi) is 3.62. The number of aryl methyl sites for hydroxylation is 2. The highest BCUT2D eigenvalue weighted by molar-refractivity contribution is 7.09. The minimum atomic E-state index is 0.355. The summed E-state index contributed by atoms with van der Waals surface area (Å²) < 4.78 is 0. The van der Waals surface area contributed by atoms with Crippen LogP contribution in [0, 0.1) is 6.92 Å². The molecule has 0 saturated carbocycles. The molecule has 2 unspecified atom stereocenters. The summed E-state index contributed by atoms with van der Waals surface area (Å²) >= 11 is 1.76. The monoisotopic (exact) mass is 273 g/mol. The molecule has 0 aliphatic heterocycles. The summed E-state index contributed by atoms with van der Waals surface area (Å²) in [6.45, 7) is 5.24. The van der Waals surface area contributed by atoms with Crippen molar-refractivity contribution in [1.29, 1.82) is 0 Å². The number of hydrogen-bond donors (Lipinski definition) is 1. The quantitative estimate of drug-likeness (QED) is 0.929. The van der Waals surface area contributed by atoms with Gasteiger partial charge in [0.1, 0.15) is 0 Å². The number of pyridine rings is 1. The fraction of sp³-hybridized carbons (Fsp3) is 0.467. The molecule has 0 bridgehead atoms. The predicted octanol–water partition coefficient (Wildman–Crippen LogP) is 3.23. The molecule has 4 heteroatoms. The number of rotatable bonds is 4. The molecule has 1 aliphatic rings. The van der Waals surface area contributed by atoms with E-state index < -0.39 is 0 Å². The Morgan fingerprint density at radius 3 is 3.11 bits per heavy atom. The van der Waals surface area contributed by atoms with Crippen LogP contribution in [0.5, 0.6) is 0 Å². The maximum Gasteiger partial charge on any atom is 0.0798 e. The normalized spacial score (nSPS) is 19.4. The number of hydrogen-bond acceptors (Lipinski definition) is 4. The van der Waals surface area contributed by atoms with Crippen LogP contribution in [-0.4, -0.2) is 16.5 Å². The van der Waals surface area contributed by atoms with E-state index in [0.29, 0.717) is 12.0 Å². The summed E-state index contributed by atoms with van der Waals surface area (Å²) in [6.07, 6.45) is 4.24. The van der Waals surface area contributed by atoms with Gasteiger partial charge < -0.3 is 5.32 Å². The van der Waals surface area contributed by atoms with E-state index in [4.69, 9.17) is 0 Å². The molecule has 3 rings (SSSR count).